The van der Waals surface area contributed by atoms with Crippen molar-refractivity contribution in [3.63, 3.8) is 0 Å². The second-order valence-corrected chi connectivity index (χ2v) is 6.52. The van der Waals surface area contributed by atoms with Crippen molar-refractivity contribution >= 4 is 17.1 Å². The average Bonchev–Trinajstić information content (AvgIpc) is 3.30. The van der Waals surface area contributed by atoms with Crippen LogP contribution in [0.25, 0.3) is 16.9 Å². The highest BCUT2D eigenvalue weighted by Gasteiger charge is 2.19. The first-order valence-corrected chi connectivity index (χ1v) is 8.60. The molecule has 1 aliphatic carbocycles. The molecular formula is C19H18N6O. The molecule has 0 unspecified atom stereocenters. The van der Waals surface area contributed by atoms with E-state index < -0.39 is 5.91 Å². The van der Waals surface area contributed by atoms with E-state index >= 15 is 0 Å². The minimum absolute atomic E-state index is 0.351. The predicted octanol–water partition coefficient (Wildman–Crippen LogP) is 2.72. The van der Waals surface area contributed by atoms with Crippen molar-refractivity contribution in [2.45, 2.75) is 31.7 Å². The number of rotatable bonds is 4. The van der Waals surface area contributed by atoms with Crippen molar-refractivity contribution in [1.82, 2.24) is 14.6 Å². The van der Waals surface area contributed by atoms with Crippen molar-refractivity contribution in [3.05, 3.63) is 47.8 Å². The van der Waals surface area contributed by atoms with Gasteiger partial charge in [0, 0.05) is 12.2 Å². The van der Waals surface area contributed by atoms with Gasteiger partial charge >= 0.3 is 0 Å². The average molecular weight is 346 g/mol. The Morgan fingerprint density at radius 3 is 2.81 bits per heavy atom. The van der Waals surface area contributed by atoms with E-state index in [-0.39, 0.29) is 0 Å². The van der Waals surface area contributed by atoms with Crippen molar-refractivity contribution in [2.24, 2.45) is 5.73 Å². The molecule has 0 aromatic carbocycles. The lowest BCUT2D eigenvalue weighted by Crippen LogP contribution is -2.20. The van der Waals surface area contributed by atoms with Gasteiger partial charge in [0.15, 0.2) is 0 Å². The van der Waals surface area contributed by atoms with Gasteiger partial charge in [0.25, 0.3) is 5.91 Å². The molecule has 0 saturated heterocycles. The number of pyridine rings is 1. The normalized spacial score (nSPS) is 14.4. The van der Waals surface area contributed by atoms with E-state index in [1.54, 1.807) is 10.6 Å². The lowest BCUT2D eigenvalue weighted by molar-refractivity contribution is 0.100. The maximum Gasteiger partial charge on any atom is 0.252 e. The third-order valence-electron chi connectivity index (χ3n) is 4.78. The molecule has 130 valence electrons. The summed E-state index contributed by atoms with van der Waals surface area (Å²) in [5.74, 6) is -0.499. The summed E-state index contributed by atoms with van der Waals surface area (Å²) in [5.41, 5.74) is 9.40. The van der Waals surface area contributed by atoms with Crippen LogP contribution in [0.4, 0.5) is 5.69 Å². The van der Waals surface area contributed by atoms with Crippen LogP contribution in [0.5, 0.6) is 0 Å². The zero-order valence-electron chi connectivity index (χ0n) is 14.1. The molecule has 3 aromatic heterocycles. The molecule has 0 bridgehead atoms. The summed E-state index contributed by atoms with van der Waals surface area (Å²) in [6.07, 6.45) is 7.58. The summed E-state index contributed by atoms with van der Waals surface area (Å²) >= 11 is 0. The minimum atomic E-state index is -0.499. The smallest absolute Gasteiger partial charge is 0.252 e. The molecule has 0 spiro atoms. The first-order valence-electron chi connectivity index (χ1n) is 8.60. The third kappa shape index (κ3) is 2.86. The highest BCUT2D eigenvalue weighted by molar-refractivity contribution is 5.98. The van der Waals surface area contributed by atoms with Gasteiger partial charge in [0.1, 0.15) is 6.07 Å². The number of carbonyl (C=O) groups is 1. The zero-order chi connectivity index (χ0) is 18.1. The standard InChI is InChI=1S/C19H18N6O/c20-9-12-7-14-5-6-18(25(14)23-10-12)17-8-16(15(11-22-17)19(21)26)24-13-3-1-2-4-13/h5-8,10-11,13H,1-4H2,(H2,21,26)(H,22,24). The Hall–Kier alpha value is -3.40. The van der Waals surface area contributed by atoms with E-state index in [0.717, 1.165) is 24.1 Å². The number of nitrogens with two attached hydrogens (primary N) is 1. The molecule has 1 aliphatic rings. The van der Waals surface area contributed by atoms with Crippen LogP contribution < -0.4 is 11.1 Å². The van der Waals surface area contributed by atoms with E-state index in [0.29, 0.717) is 28.6 Å². The number of amides is 1. The van der Waals surface area contributed by atoms with Crippen molar-refractivity contribution in [1.29, 1.82) is 5.26 Å². The molecule has 26 heavy (non-hydrogen) atoms. The summed E-state index contributed by atoms with van der Waals surface area (Å²) in [6.45, 7) is 0. The van der Waals surface area contributed by atoms with Gasteiger partial charge in [-0.25, -0.2) is 4.52 Å². The Morgan fingerprint density at radius 2 is 2.08 bits per heavy atom. The fraction of sp³-hybridized carbons (Fsp3) is 0.263. The summed E-state index contributed by atoms with van der Waals surface area (Å²) in [4.78, 5) is 16.2. The van der Waals surface area contributed by atoms with Crippen LogP contribution in [-0.2, 0) is 0 Å². The number of hydrogen-bond donors (Lipinski definition) is 2. The van der Waals surface area contributed by atoms with E-state index in [1.165, 1.54) is 25.2 Å². The van der Waals surface area contributed by atoms with Gasteiger partial charge in [0.2, 0.25) is 0 Å². The molecule has 7 heteroatoms. The molecule has 1 saturated carbocycles. The minimum Gasteiger partial charge on any atom is -0.382 e. The van der Waals surface area contributed by atoms with E-state index in [4.69, 9.17) is 11.0 Å². The summed E-state index contributed by atoms with van der Waals surface area (Å²) in [6, 6.07) is 9.84. The van der Waals surface area contributed by atoms with Gasteiger partial charge in [-0.15, -0.1) is 0 Å². The molecule has 0 atom stereocenters. The van der Waals surface area contributed by atoms with Gasteiger partial charge in [-0.1, -0.05) is 12.8 Å². The predicted molar refractivity (Wildman–Crippen MR) is 97.5 cm³/mol. The number of aromatic nitrogens is 3. The topological polar surface area (TPSA) is 109 Å². The summed E-state index contributed by atoms with van der Waals surface area (Å²) in [5, 5.41) is 16.8. The van der Waals surface area contributed by atoms with Crippen molar-refractivity contribution < 1.29 is 4.79 Å². The van der Waals surface area contributed by atoms with Crippen LogP contribution in [0.1, 0.15) is 41.6 Å². The van der Waals surface area contributed by atoms with Gasteiger partial charge in [-0.3, -0.25) is 9.78 Å². The zero-order valence-corrected chi connectivity index (χ0v) is 14.1. The van der Waals surface area contributed by atoms with Gasteiger partial charge in [0.05, 0.1) is 39.9 Å². The molecule has 3 aromatic rings. The number of carbonyl (C=O) groups excluding carboxylic acids is 1. The SMILES string of the molecule is N#Cc1cnn2c(-c3cc(NC4CCCC4)c(C(N)=O)cn3)ccc2c1. The van der Waals surface area contributed by atoms with Crippen molar-refractivity contribution in [3.8, 4) is 17.5 Å². The van der Waals surface area contributed by atoms with Crippen LogP contribution in [-0.4, -0.2) is 26.5 Å². The Bertz CT molecular complexity index is 1030. The van der Waals surface area contributed by atoms with Gasteiger partial charge in [-0.2, -0.15) is 10.4 Å². The molecule has 1 amide bonds. The number of fused-ring (bicyclic) bond motifs is 1. The van der Waals surface area contributed by atoms with Crippen LogP contribution in [0.2, 0.25) is 0 Å². The number of nitrogens with zero attached hydrogens (tertiary/aromatic N) is 4. The Balaban J connectivity index is 1.77. The second-order valence-electron chi connectivity index (χ2n) is 6.52. The first kappa shape index (κ1) is 16.1. The monoisotopic (exact) mass is 346 g/mol. The lowest BCUT2D eigenvalue weighted by atomic mass is 10.1. The molecule has 7 nitrogen and oxygen atoms in total. The second kappa shape index (κ2) is 6.48. The number of nitriles is 1. The third-order valence-corrected chi connectivity index (χ3v) is 4.78. The first-order chi connectivity index (χ1) is 12.7. The Labute approximate surface area is 150 Å². The van der Waals surface area contributed by atoms with Crippen molar-refractivity contribution in [2.75, 3.05) is 5.32 Å². The number of anilines is 1. The Morgan fingerprint density at radius 1 is 1.27 bits per heavy atom. The van der Waals surface area contributed by atoms with Crippen LogP contribution in [0.3, 0.4) is 0 Å². The highest BCUT2D eigenvalue weighted by atomic mass is 16.1. The van der Waals surface area contributed by atoms with Crippen LogP contribution in [0, 0.1) is 11.3 Å². The molecule has 3 heterocycles. The lowest BCUT2D eigenvalue weighted by Gasteiger charge is -2.16. The molecule has 0 aliphatic heterocycles. The van der Waals surface area contributed by atoms with Crippen LogP contribution >= 0.6 is 0 Å². The molecule has 3 N–H and O–H groups in total. The molecule has 4 rings (SSSR count). The maximum atomic E-state index is 11.8. The number of hydrogen-bond acceptors (Lipinski definition) is 5. The van der Waals surface area contributed by atoms with E-state index in [9.17, 15) is 4.79 Å². The maximum absolute atomic E-state index is 11.8. The molecular weight excluding hydrogens is 328 g/mol. The fourth-order valence-corrected chi connectivity index (χ4v) is 3.46. The highest BCUT2D eigenvalue weighted by Crippen LogP contribution is 2.28. The fourth-order valence-electron chi connectivity index (χ4n) is 3.46. The Kier molecular flexibility index (Phi) is 4.01. The van der Waals surface area contributed by atoms with Gasteiger partial charge in [-0.05, 0) is 37.1 Å². The number of nitrogens with one attached hydrogen (secondary N) is 1. The van der Waals surface area contributed by atoms with E-state index in [1.807, 2.05) is 18.2 Å². The van der Waals surface area contributed by atoms with Gasteiger partial charge < -0.3 is 11.1 Å². The largest absolute Gasteiger partial charge is 0.382 e. The number of primary amides is 1. The summed E-state index contributed by atoms with van der Waals surface area (Å²) < 4.78 is 1.73. The van der Waals surface area contributed by atoms with Crippen LogP contribution in [0.15, 0.2) is 36.7 Å². The quantitative estimate of drug-likeness (QED) is 0.755. The van der Waals surface area contributed by atoms with E-state index in [2.05, 4.69) is 21.5 Å². The molecule has 1 fully saturated rings. The summed E-state index contributed by atoms with van der Waals surface area (Å²) in [7, 11) is 0. The molecule has 0 radical (unpaired) electrons.